The summed E-state index contributed by atoms with van der Waals surface area (Å²) in [5.41, 5.74) is 5.38. The van der Waals surface area contributed by atoms with Gasteiger partial charge in [-0.15, -0.1) is 0 Å². The highest BCUT2D eigenvalue weighted by Gasteiger charge is 2.31. The second-order valence-corrected chi connectivity index (χ2v) is 8.37. The van der Waals surface area contributed by atoms with E-state index in [0.717, 1.165) is 48.4 Å². The third kappa shape index (κ3) is 4.35. The van der Waals surface area contributed by atoms with Crippen molar-refractivity contribution in [3.05, 3.63) is 45.2 Å². The van der Waals surface area contributed by atoms with Crippen molar-refractivity contribution in [2.45, 2.75) is 58.5 Å². The van der Waals surface area contributed by atoms with Gasteiger partial charge >= 0.3 is 0 Å². The van der Waals surface area contributed by atoms with Crippen molar-refractivity contribution < 1.29 is 9.13 Å². The van der Waals surface area contributed by atoms with E-state index in [2.05, 4.69) is 26.3 Å². The SMILES string of the molecule is Cc1nc(OC2CC(F)C2)ccc1CN1CCc2c(NCC#N)nc(Cl)c(C)c2C1. The number of aryl methyl sites for hydroxylation is 1. The molecule has 0 unspecified atom stereocenters. The topological polar surface area (TPSA) is 74.1 Å². The van der Waals surface area contributed by atoms with Gasteiger partial charge in [0.1, 0.15) is 29.8 Å². The Balaban J connectivity index is 1.46. The summed E-state index contributed by atoms with van der Waals surface area (Å²) in [6.45, 7) is 6.60. The third-order valence-corrected chi connectivity index (χ3v) is 6.27. The van der Waals surface area contributed by atoms with E-state index in [1.807, 2.05) is 26.0 Å². The fraction of sp³-hybridized carbons (Fsp3) is 0.500. The molecule has 0 radical (unpaired) electrons. The first-order valence-electron chi connectivity index (χ1n) is 10.2. The number of nitrogens with zero attached hydrogens (tertiary/aromatic N) is 4. The fourth-order valence-electron chi connectivity index (χ4n) is 4.01. The van der Waals surface area contributed by atoms with Crippen LogP contribution in [0, 0.1) is 25.2 Å². The highest BCUT2D eigenvalue weighted by molar-refractivity contribution is 6.30. The van der Waals surface area contributed by atoms with Crippen LogP contribution in [0.25, 0.3) is 0 Å². The molecule has 1 fully saturated rings. The highest BCUT2D eigenvalue weighted by Crippen LogP contribution is 2.32. The van der Waals surface area contributed by atoms with Gasteiger partial charge in [0, 0.05) is 49.8 Å². The zero-order valence-corrected chi connectivity index (χ0v) is 18.0. The van der Waals surface area contributed by atoms with Gasteiger partial charge in [-0.1, -0.05) is 17.7 Å². The van der Waals surface area contributed by atoms with E-state index in [1.165, 1.54) is 5.56 Å². The van der Waals surface area contributed by atoms with Gasteiger partial charge in [0.15, 0.2) is 0 Å². The zero-order chi connectivity index (χ0) is 21.3. The molecule has 6 nitrogen and oxygen atoms in total. The van der Waals surface area contributed by atoms with E-state index < -0.39 is 6.17 Å². The second kappa shape index (κ2) is 8.75. The maximum atomic E-state index is 13.0. The van der Waals surface area contributed by atoms with Crippen molar-refractivity contribution >= 4 is 17.4 Å². The first kappa shape index (κ1) is 20.8. The van der Waals surface area contributed by atoms with Crippen LogP contribution in [0.4, 0.5) is 10.2 Å². The molecule has 2 aliphatic rings. The number of hydrogen-bond acceptors (Lipinski definition) is 6. The molecule has 158 valence electrons. The molecule has 1 aliphatic heterocycles. The molecule has 0 atom stereocenters. The largest absolute Gasteiger partial charge is 0.474 e. The van der Waals surface area contributed by atoms with E-state index in [9.17, 15) is 4.39 Å². The van der Waals surface area contributed by atoms with E-state index in [-0.39, 0.29) is 12.6 Å². The molecule has 1 N–H and O–H groups in total. The molecule has 0 aromatic carbocycles. The highest BCUT2D eigenvalue weighted by atomic mass is 35.5. The van der Waals surface area contributed by atoms with Crippen LogP contribution in [0.1, 0.15) is 40.8 Å². The van der Waals surface area contributed by atoms with Gasteiger partial charge in [0.25, 0.3) is 0 Å². The summed E-state index contributed by atoms with van der Waals surface area (Å²) in [5, 5.41) is 12.4. The van der Waals surface area contributed by atoms with Gasteiger partial charge in [-0.25, -0.2) is 14.4 Å². The lowest BCUT2D eigenvalue weighted by atomic mass is 9.94. The predicted octanol–water partition coefficient (Wildman–Crippen LogP) is 4.12. The molecule has 3 heterocycles. The van der Waals surface area contributed by atoms with Gasteiger partial charge in [0.05, 0.1) is 6.07 Å². The summed E-state index contributed by atoms with van der Waals surface area (Å²) >= 11 is 6.35. The Morgan fingerprint density at radius 1 is 1.30 bits per heavy atom. The lowest BCUT2D eigenvalue weighted by Crippen LogP contribution is -2.35. The summed E-state index contributed by atoms with van der Waals surface area (Å²) < 4.78 is 18.7. The number of rotatable bonds is 6. The van der Waals surface area contributed by atoms with Crippen molar-refractivity contribution in [3.8, 4) is 11.9 Å². The van der Waals surface area contributed by atoms with E-state index in [4.69, 9.17) is 21.6 Å². The fourth-order valence-corrected chi connectivity index (χ4v) is 4.21. The van der Waals surface area contributed by atoms with Crippen molar-refractivity contribution in [1.82, 2.24) is 14.9 Å². The third-order valence-electron chi connectivity index (χ3n) is 5.91. The number of aromatic nitrogens is 2. The van der Waals surface area contributed by atoms with Crippen LogP contribution >= 0.6 is 11.6 Å². The number of nitrogens with one attached hydrogen (secondary N) is 1. The average Bonchev–Trinajstić information content (AvgIpc) is 2.70. The molecule has 8 heteroatoms. The zero-order valence-electron chi connectivity index (χ0n) is 17.2. The maximum absolute atomic E-state index is 13.0. The molecular weight excluding hydrogens is 405 g/mol. The number of fused-ring (bicyclic) bond motifs is 1. The first-order valence-corrected chi connectivity index (χ1v) is 10.6. The first-order chi connectivity index (χ1) is 14.4. The number of halogens is 2. The Morgan fingerprint density at radius 3 is 2.80 bits per heavy atom. The minimum Gasteiger partial charge on any atom is -0.474 e. The minimum absolute atomic E-state index is 0.0542. The van der Waals surface area contributed by atoms with Crippen LogP contribution in [0.5, 0.6) is 5.88 Å². The molecule has 0 saturated heterocycles. The predicted molar refractivity (Wildman–Crippen MR) is 113 cm³/mol. The number of pyridine rings is 2. The molecule has 2 aromatic rings. The summed E-state index contributed by atoms with van der Waals surface area (Å²) in [5.74, 6) is 1.28. The van der Waals surface area contributed by atoms with E-state index >= 15 is 0 Å². The number of ether oxygens (including phenoxy) is 1. The molecule has 1 saturated carbocycles. The molecule has 0 spiro atoms. The molecule has 0 amide bonds. The molecule has 30 heavy (non-hydrogen) atoms. The standard InChI is InChI=1S/C22H25ClFN5O/c1-13-19-12-29(8-5-18(19)22(26-7-6-25)28-21(13)23)11-15-3-4-20(27-14(15)2)30-17-9-16(24)10-17/h3-4,16-17H,5,7-12H2,1-2H3,(H,26,28). The molecule has 0 bridgehead atoms. The molecule has 4 rings (SSSR count). The lowest BCUT2D eigenvalue weighted by Gasteiger charge is -2.32. The summed E-state index contributed by atoms with van der Waals surface area (Å²) in [7, 11) is 0. The number of hydrogen-bond donors (Lipinski definition) is 1. The minimum atomic E-state index is -0.736. The Bertz CT molecular complexity index is 986. The van der Waals surface area contributed by atoms with Crippen LogP contribution in [-0.2, 0) is 19.5 Å². The van der Waals surface area contributed by atoms with Crippen molar-refractivity contribution in [3.63, 3.8) is 0 Å². The molecular formula is C22H25ClFN5O. The van der Waals surface area contributed by atoms with Crippen LogP contribution in [0.3, 0.4) is 0 Å². The number of anilines is 1. The van der Waals surface area contributed by atoms with Crippen LogP contribution in [0.15, 0.2) is 12.1 Å². The van der Waals surface area contributed by atoms with Gasteiger partial charge < -0.3 is 10.1 Å². The van der Waals surface area contributed by atoms with Crippen molar-refractivity contribution in [2.24, 2.45) is 0 Å². The lowest BCUT2D eigenvalue weighted by molar-refractivity contribution is 0.0376. The Morgan fingerprint density at radius 2 is 2.10 bits per heavy atom. The smallest absolute Gasteiger partial charge is 0.213 e. The Labute approximate surface area is 181 Å². The Hall–Kier alpha value is -2.43. The quantitative estimate of drug-likeness (QED) is 0.550. The van der Waals surface area contributed by atoms with Gasteiger partial charge in [-0.05, 0) is 37.0 Å². The van der Waals surface area contributed by atoms with Gasteiger partial charge in [-0.2, -0.15) is 5.26 Å². The summed E-state index contributed by atoms with van der Waals surface area (Å²) in [6.07, 6.45) is 0.963. The average molecular weight is 430 g/mol. The van der Waals surface area contributed by atoms with E-state index in [0.29, 0.717) is 29.7 Å². The van der Waals surface area contributed by atoms with Crippen molar-refractivity contribution in [1.29, 1.82) is 5.26 Å². The van der Waals surface area contributed by atoms with Crippen LogP contribution in [-0.4, -0.2) is 40.2 Å². The molecule has 2 aromatic heterocycles. The van der Waals surface area contributed by atoms with Crippen LogP contribution < -0.4 is 10.1 Å². The monoisotopic (exact) mass is 429 g/mol. The summed E-state index contributed by atoms with van der Waals surface area (Å²) in [4.78, 5) is 11.4. The Kier molecular flexibility index (Phi) is 6.07. The van der Waals surface area contributed by atoms with Crippen molar-refractivity contribution in [2.75, 3.05) is 18.4 Å². The maximum Gasteiger partial charge on any atom is 0.213 e. The second-order valence-electron chi connectivity index (χ2n) is 8.01. The van der Waals surface area contributed by atoms with Crippen LogP contribution in [0.2, 0.25) is 5.15 Å². The van der Waals surface area contributed by atoms with Gasteiger partial charge in [0.2, 0.25) is 5.88 Å². The summed E-state index contributed by atoms with van der Waals surface area (Å²) in [6, 6.07) is 6.01. The number of alkyl halides is 1. The number of nitriles is 1. The van der Waals surface area contributed by atoms with E-state index in [1.54, 1.807) is 0 Å². The molecule has 1 aliphatic carbocycles. The van der Waals surface area contributed by atoms with Gasteiger partial charge in [-0.3, -0.25) is 4.90 Å². The normalized spacial score (nSPS) is 20.8.